The zero-order valence-corrected chi connectivity index (χ0v) is 12.2. The lowest BCUT2D eigenvalue weighted by Gasteiger charge is -2.07. The second-order valence-electron chi connectivity index (χ2n) is 4.22. The molecule has 0 saturated heterocycles. The van der Waals surface area contributed by atoms with Crippen molar-refractivity contribution in [3.05, 3.63) is 42.2 Å². The fourth-order valence-electron chi connectivity index (χ4n) is 1.82. The molecule has 0 radical (unpaired) electrons. The molecule has 2 aromatic heterocycles. The first-order chi connectivity index (χ1) is 10.7. The Labute approximate surface area is 127 Å². The molecule has 3 rings (SSSR count). The van der Waals surface area contributed by atoms with Gasteiger partial charge in [-0.25, -0.2) is 9.97 Å². The van der Waals surface area contributed by atoms with E-state index in [9.17, 15) is 0 Å². The molecule has 0 aliphatic carbocycles. The molecule has 0 spiro atoms. The number of hydrogen-bond donors (Lipinski definition) is 4. The summed E-state index contributed by atoms with van der Waals surface area (Å²) in [5.74, 6) is 0.334. The van der Waals surface area contributed by atoms with Gasteiger partial charge in [0.15, 0.2) is 17.0 Å². The maximum atomic E-state index is 5.78. The van der Waals surface area contributed by atoms with Crippen LogP contribution in [0.2, 0.25) is 0 Å². The SMILES string of the molecule is CN.Nc1nc(N)c2nc(CNc3ccccc3)cnc2n1. The van der Waals surface area contributed by atoms with Crippen molar-refractivity contribution in [3.63, 3.8) is 0 Å². The standard InChI is InChI=1S/C13H13N7.CH5N/c14-11-10-12(20-13(15)19-11)17-7-9(18-10)6-16-8-4-2-1-3-5-8;1-2/h1-5,7,16H,6H2,(H4,14,15,17,19,20);2H2,1H3. The number of para-hydroxylation sites is 1. The van der Waals surface area contributed by atoms with Crippen LogP contribution >= 0.6 is 0 Å². The van der Waals surface area contributed by atoms with Crippen molar-refractivity contribution in [2.75, 3.05) is 23.8 Å². The minimum Gasteiger partial charge on any atom is -0.382 e. The number of fused-ring (bicyclic) bond motifs is 1. The molecule has 0 aliphatic heterocycles. The van der Waals surface area contributed by atoms with Gasteiger partial charge in [0, 0.05) is 5.69 Å². The lowest BCUT2D eigenvalue weighted by molar-refractivity contribution is 1.03. The van der Waals surface area contributed by atoms with Crippen molar-refractivity contribution in [2.45, 2.75) is 6.54 Å². The van der Waals surface area contributed by atoms with Crippen molar-refractivity contribution in [1.29, 1.82) is 0 Å². The van der Waals surface area contributed by atoms with Gasteiger partial charge in [-0.1, -0.05) is 18.2 Å². The number of nitrogens with zero attached hydrogens (tertiary/aromatic N) is 4. The average molecular weight is 298 g/mol. The minimum absolute atomic E-state index is 0.0967. The highest BCUT2D eigenvalue weighted by molar-refractivity contribution is 5.81. The highest BCUT2D eigenvalue weighted by Crippen LogP contribution is 2.15. The van der Waals surface area contributed by atoms with Crippen LogP contribution in [0, 0.1) is 0 Å². The number of nitrogens with two attached hydrogens (primary N) is 3. The van der Waals surface area contributed by atoms with Crippen LogP contribution in [0.15, 0.2) is 36.5 Å². The van der Waals surface area contributed by atoms with Crippen LogP contribution in [0.1, 0.15) is 5.69 Å². The van der Waals surface area contributed by atoms with Gasteiger partial charge >= 0.3 is 0 Å². The van der Waals surface area contributed by atoms with Crippen molar-refractivity contribution >= 4 is 28.6 Å². The normalized spacial score (nSPS) is 9.91. The zero-order valence-electron chi connectivity index (χ0n) is 12.2. The molecule has 2 heterocycles. The predicted molar refractivity (Wildman–Crippen MR) is 87.8 cm³/mol. The van der Waals surface area contributed by atoms with Gasteiger partial charge in [-0.3, -0.25) is 0 Å². The van der Waals surface area contributed by atoms with Gasteiger partial charge in [0.25, 0.3) is 0 Å². The summed E-state index contributed by atoms with van der Waals surface area (Å²) in [5.41, 5.74) is 18.4. The molecule has 22 heavy (non-hydrogen) atoms. The second-order valence-corrected chi connectivity index (χ2v) is 4.22. The molecule has 0 fully saturated rings. The van der Waals surface area contributed by atoms with Crippen LogP contribution in [0.25, 0.3) is 11.2 Å². The molecule has 0 amide bonds. The number of rotatable bonds is 3. The van der Waals surface area contributed by atoms with E-state index in [1.165, 1.54) is 7.05 Å². The smallest absolute Gasteiger partial charge is 0.224 e. The van der Waals surface area contributed by atoms with E-state index in [0.29, 0.717) is 17.7 Å². The summed E-state index contributed by atoms with van der Waals surface area (Å²) in [7, 11) is 1.50. The highest BCUT2D eigenvalue weighted by Gasteiger charge is 2.07. The molecule has 0 bridgehead atoms. The molecule has 0 saturated carbocycles. The van der Waals surface area contributed by atoms with Crippen molar-refractivity contribution in [2.24, 2.45) is 5.73 Å². The fourth-order valence-corrected chi connectivity index (χ4v) is 1.82. The first-order valence-corrected chi connectivity index (χ1v) is 6.63. The first kappa shape index (κ1) is 15.4. The van der Waals surface area contributed by atoms with Gasteiger partial charge in [-0.15, -0.1) is 0 Å². The van der Waals surface area contributed by atoms with E-state index < -0.39 is 0 Å². The van der Waals surface area contributed by atoms with Crippen LogP contribution in [0.3, 0.4) is 0 Å². The van der Waals surface area contributed by atoms with Crippen molar-refractivity contribution in [1.82, 2.24) is 19.9 Å². The van der Waals surface area contributed by atoms with Gasteiger partial charge in [-0.2, -0.15) is 9.97 Å². The Bertz CT molecular complexity index is 744. The molecule has 0 unspecified atom stereocenters. The topological polar surface area (TPSA) is 142 Å². The van der Waals surface area contributed by atoms with E-state index in [2.05, 4.69) is 31.0 Å². The van der Waals surface area contributed by atoms with Gasteiger partial charge in [0.1, 0.15) is 0 Å². The minimum atomic E-state index is 0.0967. The third-order valence-corrected chi connectivity index (χ3v) is 2.75. The average Bonchev–Trinajstić information content (AvgIpc) is 2.56. The molecular formula is C14H18N8. The molecule has 114 valence electrons. The van der Waals surface area contributed by atoms with Crippen LogP contribution in [-0.4, -0.2) is 27.0 Å². The van der Waals surface area contributed by atoms with Gasteiger partial charge in [0.2, 0.25) is 5.95 Å². The number of hydrogen-bond acceptors (Lipinski definition) is 8. The Morgan fingerprint density at radius 2 is 1.73 bits per heavy atom. The van der Waals surface area contributed by atoms with E-state index in [0.717, 1.165) is 11.4 Å². The van der Waals surface area contributed by atoms with Crippen molar-refractivity contribution < 1.29 is 0 Å². The van der Waals surface area contributed by atoms with Crippen LogP contribution < -0.4 is 22.5 Å². The second kappa shape index (κ2) is 7.14. The molecule has 7 N–H and O–H groups in total. The quantitative estimate of drug-likeness (QED) is 0.555. The van der Waals surface area contributed by atoms with E-state index in [1.807, 2.05) is 30.3 Å². The summed E-state index contributed by atoms with van der Waals surface area (Å²) in [5, 5.41) is 3.25. The van der Waals surface area contributed by atoms with Gasteiger partial charge < -0.3 is 22.5 Å². The molecule has 0 aliphatic rings. The third-order valence-electron chi connectivity index (χ3n) is 2.75. The summed E-state index contributed by atoms with van der Waals surface area (Å²) < 4.78 is 0. The van der Waals surface area contributed by atoms with E-state index in [-0.39, 0.29) is 11.8 Å². The number of anilines is 3. The van der Waals surface area contributed by atoms with E-state index >= 15 is 0 Å². The summed E-state index contributed by atoms with van der Waals surface area (Å²) in [6, 6.07) is 9.84. The lowest BCUT2D eigenvalue weighted by Crippen LogP contribution is -2.06. The summed E-state index contributed by atoms with van der Waals surface area (Å²) in [6.07, 6.45) is 1.64. The zero-order chi connectivity index (χ0) is 15.9. The fraction of sp³-hybridized carbons (Fsp3) is 0.143. The highest BCUT2D eigenvalue weighted by atomic mass is 15.1. The number of nitrogen functional groups attached to an aromatic ring is 2. The van der Waals surface area contributed by atoms with E-state index in [1.54, 1.807) is 6.20 Å². The Hall–Kier alpha value is -3.00. The van der Waals surface area contributed by atoms with Crippen molar-refractivity contribution in [3.8, 4) is 0 Å². The van der Waals surface area contributed by atoms with E-state index in [4.69, 9.17) is 11.5 Å². The third kappa shape index (κ3) is 3.55. The Balaban J connectivity index is 0.000000847. The number of benzene rings is 1. The van der Waals surface area contributed by atoms with Gasteiger partial charge in [-0.05, 0) is 19.2 Å². The maximum Gasteiger partial charge on any atom is 0.224 e. The predicted octanol–water partition coefficient (Wildman–Crippen LogP) is 0.771. The summed E-state index contributed by atoms with van der Waals surface area (Å²) in [6.45, 7) is 0.538. The largest absolute Gasteiger partial charge is 0.382 e. The Kier molecular flexibility index (Phi) is 4.99. The molecule has 1 aromatic carbocycles. The Morgan fingerprint density at radius 3 is 2.45 bits per heavy atom. The van der Waals surface area contributed by atoms with Gasteiger partial charge in [0.05, 0.1) is 18.4 Å². The lowest BCUT2D eigenvalue weighted by atomic mass is 10.3. The molecule has 3 aromatic rings. The summed E-state index contributed by atoms with van der Waals surface area (Å²) in [4.78, 5) is 16.5. The molecule has 8 heteroatoms. The Morgan fingerprint density at radius 1 is 1.00 bits per heavy atom. The molecule has 8 nitrogen and oxygen atoms in total. The number of aromatic nitrogens is 4. The van der Waals surface area contributed by atoms with Crippen LogP contribution in [0.5, 0.6) is 0 Å². The first-order valence-electron chi connectivity index (χ1n) is 6.63. The number of nitrogens with one attached hydrogen (secondary N) is 1. The monoisotopic (exact) mass is 298 g/mol. The summed E-state index contributed by atoms with van der Waals surface area (Å²) >= 11 is 0. The van der Waals surface area contributed by atoms with Crippen LogP contribution in [0.4, 0.5) is 17.5 Å². The van der Waals surface area contributed by atoms with Crippen LogP contribution in [-0.2, 0) is 6.54 Å². The maximum absolute atomic E-state index is 5.78. The molecule has 0 atom stereocenters. The molecular weight excluding hydrogens is 280 g/mol.